The van der Waals surface area contributed by atoms with Crippen molar-refractivity contribution in [3.8, 4) is 5.69 Å². The number of hydrogen-bond donors (Lipinski definition) is 1. The van der Waals surface area contributed by atoms with Crippen LogP contribution in [0.2, 0.25) is 0 Å². The second kappa shape index (κ2) is 8.92. The standard InChI is InChI=1S/C24H25BrIN5O2/c1-28-20(21(25)22(32)31(28)19-5-3-2-4-6-19)15-29-13-11-24(12-14-29)23(33)27-16-30(24)18-9-7-17(26)8-10-18/h2-10H,11-16H2,1H3,(H,27,33). The van der Waals surface area contributed by atoms with Gasteiger partial charge in [0, 0.05) is 35.9 Å². The molecule has 1 amide bonds. The van der Waals surface area contributed by atoms with Crippen molar-refractivity contribution in [2.24, 2.45) is 7.05 Å². The Bertz CT molecular complexity index is 1230. The summed E-state index contributed by atoms with van der Waals surface area (Å²) in [4.78, 5) is 30.4. The van der Waals surface area contributed by atoms with Gasteiger partial charge in [0.15, 0.2) is 0 Å². The number of piperidine rings is 1. The average molecular weight is 622 g/mol. The first kappa shape index (κ1) is 22.7. The van der Waals surface area contributed by atoms with Crippen LogP contribution in [0.3, 0.4) is 0 Å². The van der Waals surface area contributed by atoms with E-state index in [1.54, 1.807) is 4.68 Å². The summed E-state index contributed by atoms with van der Waals surface area (Å²) in [7, 11) is 1.92. The third-order valence-corrected chi connectivity index (χ3v) is 8.37. The minimum atomic E-state index is -0.512. The van der Waals surface area contributed by atoms with Crippen LogP contribution in [-0.2, 0) is 18.4 Å². The Kier molecular flexibility index (Phi) is 6.13. The third kappa shape index (κ3) is 3.93. The van der Waals surface area contributed by atoms with Crippen LogP contribution < -0.4 is 15.8 Å². The summed E-state index contributed by atoms with van der Waals surface area (Å²) < 4.78 is 5.38. The number of halogens is 2. The van der Waals surface area contributed by atoms with Crippen molar-refractivity contribution < 1.29 is 4.79 Å². The van der Waals surface area contributed by atoms with Gasteiger partial charge in [0.25, 0.3) is 5.56 Å². The highest BCUT2D eigenvalue weighted by atomic mass is 127. The molecule has 2 aliphatic heterocycles. The van der Waals surface area contributed by atoms with E-state index >= 15 is 0 Å². The zero-order valence-electron chi connectivity index (χ0n) is 18.3. The second-order valence-electron chi connectivity index (χ2n) is 8.61. The summed E-state index contributed by atoms with van der Waals surface area (Å²) in [6.07, 6.45) is 1.49. The summed E-state index contributed by atoms with van der Waals surface area (Å²) in [5.74, 6) is 0.115. The van der Waals surface area contributed by atoms with Crippen molar-refractivity contribution in [3.63, 3.8) is 0 Å². The third-order valence-electron chi connectivity index (χ3n) is 6.86. The van der Waals surface area contributed by atoms with E-state index in [-0.39, 0.29) is 11.5 Å². The van der Waals surface area contributed by atoms with Gasteiger partial charge in [0.1, 0.15) is 10.0 Å². The maximum atomic E-state index is 13.0. The number of benzene rings is 2. The van der Waals surface area contributed by atoms with Gasteiger partial charge in [-0.3, -0.25) is 19.2 Å². The monoisotopic (exact) mass is 621 g/mol. The van der Waals surface area contributed by atoms with Crippen molar-refractivity contribution in [1.29, 1.82) is 0 Å². The van der Waals surface area contributed by atoms with Gasteiger partial charge < -0.3 is 10.2 Å². The van der Waals surface area contributed by atoms with Crippen LogP contribution in [0.15, 0.2) is 63.9 Å². The normalized spacial score (nSPS) is 18.2. The maximum Gasteiger partial charge on any atom is 0.286 e. The molecule has 33 heavy (non-hydrogen) atoms. The number of rotatable bonds is 4. The van der Waals surface area contributed by atoms with Crippen LogP contribution in [0.1, 0.15) is 18.5 Å². The first-order valence-corrected chi connectivity index (χ1v) is 12.8. The zero-order valence-corrected chi connectivity index (χ0v) is 22.0. The minimum absolute atomic E-state index is 0.0627. The fourth-order valence-corrected chi connectivity index (χ4v) is 5.89. The van der Waals surface area contributed by atoms with Crippen LogP contribution in [0.25, 0.3) is 5.69 Å². The van der Waals surface area contributed by atoms with Crippen LogP contribution in [0.5, 0.6) is 0 Å². The Morgan fingerprint density at radius 1 is 1.00 bits per heavy atom. The fraction of sp³-hybridized carbons (Fsp3) is 0.333. The molecule has 0 radical (unpaired) electrons. The SMILES string of the molecule is Cn1c(CN2CCC3(CC2)C(=O)NCN3c2ccc(I)cc2)c(Br)c(=O)n1-c1ccccc1. The summed E-state index contributed by atoms with van der Waals surface area (Å²) in [5.41, 5.74) is 2.28. The molecule has 2 aromatic carbocycles. The lowest BCUT2D eigenvalue weighted by Crippen LogP contribution is -2.56. The van der Waals surface area contributed by atoms with E-state index in [1.807, 2.05) is 42.1 Å². The zero-order chi connectivity index (χ0) is 23.2. The van der Waals surface area contributed by atoms with E-state index < -0.39 is 5.54 Å². The minimum Gasteiger partial charge on any atom is -0.339 e. The number of para-hydroxylation sites is 1. The van der Waals surface area contributed by atoms with Crippen LogP contribution in [0.4, 0.5) is 5.69 Å². The Hall–Kier alpha value is -2.11. The van der Waals surface area contributed by atoms with Gasteiger partial charge in [0.2, 0.25) is 5.91 Å². The number of carbonyl (C=O) groups excluding carboxylic acids is 1. The lowest BCUT2D eigenvalue weighted by atomic mass is 9.85. The lowest BCUT2D eigenvalue weighted by Gasteiger charge is -2.43. The number of amides is 1. The van der Waals surface area contributed by atoms with Crippen LogP contribution >= 0.6 is 38.5 Å². The number of hydrogen-bond acceptors (Lipinski definition) is 4. The number of aromatic nitrogens is 2. The van der Waals surface area contributed by atoms with Gasteiger partial charge in [-0.25, -0.2) is 4.68 Å². The summed E-state index contributed by atoms with van der Waals surface area (Å²) in [5, 5.41) is 3.07. The Morgan fingerprint density at radius 3 is 2.33 bits per heavy atom. The van der Waals surface area contributed by atoms with Gasteiger partial charge in [0.05, 0.1) is 18.1 Å². The van der Waals surface area contributed by atoms with Gasteiger partial charge in [-0.1, -0.05) is 18.2 Å². The van der Waals surface area contributed by atoms with Crippen LogP contribution in [-0.4, -0.2) is 45.5 Å². The molecule has 172 valence electrons. The molecule has 0 saturated carbocycles. The number of anilines is 1. The second-order valence-corrected chi connectivity index (χ2v) is 10.7. The predicted molar refractivity (Wildman–Crippen MR) is 141 cm³/mol. The quantitative estimate of drug-likeness (QED) is 0.454. The van der Waals surface area contributed by atoms with E-state index in [0.717, 1.165) is 43.0 Å². The Labute approximate surface area is 214 Å². The molecule has 2 fully saturated rings. The molecule has 0 bridgehead atoms. The first-order valence-electron chi connectivity index (χ1n) is 11.0. The van der Waals surface area contributed by atoms with Crippen molar-refractivity contribution >= 4 is 50.1 Å². The number of nitrogens with one attached hydrogen (secondary N) is 1. The molecular weight excluding hydrogens is 597 g/mol. The average Bonchev–Trinajstić information content (AvgIpc) is 3.25. The first-order chi connectivity index (χ1) is 15.9. The maximum absolute atomic E-state index is 13.0. The van der Waals surface area contributed by atoms with Gasteiger partial charge >= 0.3 is 0 Å². The van der Waals surface area contributed by atoms with E-state index in [0.29, 0.717) is 17.7 Å². The molecule has 7 nitrogen and oxygen atoms in total. The van der Waals surface area contributed by atoms with Crippen molar-refractivity contribution in [2.75, 3.05) is 24.7 Å². The number of nitrogens with zero attached hydrogens (tertiary/aromatic N) is 4. The van der Waals surface area contributed by atoms with E-state index in [9.17, 15) is 9.59 Å². The summed E-state index contributed by atoms with van der Waals surface area (Å²) in [6.45, 7) is 2.75. The predicted octanol–water partition coefficient (Wildman–Crippen LogP) is 3.47. The van der Waals surface area contributed by atoms with Gasteiger partial charge in [-0.05, 0) is 87.8 Å². The van der Waals surface area contributed by atoms with Crippen molar-refractivity contribution in [3.05, 3.63) is 78.7 Å². The number of carbonyl (C=O) groups is 1. The van der Waals surface area contributed by atoms with E-state index in [2.05, 4.69) is 77.9 Å². The molecule has 3 heterocycles. The van der Waals surface area contributed by atoms with Gasteiger partial charge in [-0.2, -0.15) is 0 Å². The topological polar surface area (TPSA) is 62.5 Å². The molecule has 0 atom stereocenters. The molecule has 1 N–H and O–H groups in total. The van der Waals surface area contributed by atoms with Crippen molar-refractivity contribution in [2.45, 2.75) is 24.9 Å². The van der Waals surface area contributed by atoms with E-state index in [1.165, 1.54) is 3.57 Å². The van der Waals surface area contributed by atoms with Crippen molar-refractivity contribution in [1.82, 2.24) is 19.6 Å². The molecule has 9 heteroatoms. The van der Waals surface area contributed by atoms with Gasteiger partial charge in [-0.15, -0.1) is 0 Å². The number of likely N-dealkylation sites (tertiary alicyclic amines) is 1. The molecule has 0 unspecified atom stereocenters. The summed E-state index contributed by atoms with van der Waals surface area (Å²) in [6, 6.07) is 18.0. The Balaban J connectivity index is 1.35. The molecule has 1 spiro atoms. The molecule has 2 aliphatic rings. The molecule has 1 aromatic heterocycles. The largest absolute Gasteiger partial charge is 0.339 e. The Morgan fingerprint density at radius 2 is 1.67 bits per heavy atom. The highest BCUT2D eigenvalue weighted by Crippen LogP contribution is 2.37. The lowest BCUT2D eigenvalue weighted by molar-refractivity contribution is -0.125. The highest BCUT2D eigenvalue weighted by Gasteiger charge is 2.50. The van der Waals surface area contributed by atoms with E-state index in [4.69, 9.17) is 0 Å². The molecule has 5 rings (SSSR count). The smallest absolute Gasteiger partial charge is 0.286 e. The molecule has 2 saturated heterocycles. The molecule has 0 aliphatic carbocycles. The fourth-order valence-electron chi connectivity index (χ4n) is 4.99. The van der Waals surface area contributed by atoms with Crippen LogP contribution in [0, 0.1) is 3.57 Å². The highest BCUT2D eigenvalue weighted by molar-refractivity contribution is 14.1. The molecular formula is C24H25BrIN5O2. The summed E-state index contributed by atoms with van der Waals surface area (Å²) >= 11 is 5.84. The molecule has 3 aromatic rings.